The number of benzene rings is 1. The van der Waals surface area contributed by atoms with Crippen LogP contribution in [0.5, 0.6) is 5.75 Å². The van der Waals surface area contributed by atoms with Crippen LogP contribution in [-0.2, 0) is 13.1 Å². The molecule has 1 aliphatic heterocycles. The predicted octanol–water partition coefficient (Wildman–Crippen LogP) is 4.28. The molecule has 176 valence electrons. The lowest BCUT2D eigenvalue weighted by Gasteiger charge is -2.26. The van der Waals surface area contributed by atoms with Crippen molar-refractivity contribution < 1.29 is 4.74 Å². The van der Waals surface area contributed by atoms with Gasteiger partial charge in [-0.25, -0.2) is 19.9 Å². The Kier molecular flexibility index (Phi) is 6.05. The summed E-state index contributed by atoms with van der Waals surface area (Å²) in [5, 5.41) is 3.70. The highest BCUT2D eigenvalue weighted by molar-refractivity contribution is 7.21. The lowest BCUT2D eigenvalue weighted by atomic mass is 10.0. The van der Waals surface area contributed by atoms with Gasteiger partial charge in [0.15, 0.2) is 5.13 Å². The average molecular weight is 476 g/mol. The van der Waals surface area contributed by atoms with Gasteiger partial charge in [-0.3, -0.25) is 0 Å². The van der Waals surface area contributed by atoms with Crippen LogP contribution in [0, 0.1) is 6.92 Å². The molecule has 0 amide bonds. The molecule has 0 radical (unpaired) electrons. The fourth-order valence-corrected chi connectivity index (χ4v) is 5.19. The molecule has 0 fully saturated rings. The maximum atomic E-state index is 6.13. The van der Waals surface area contributed by atoms with Gasteiger partial charge < -0.3 is 20.7 Å². The Bertz CT molecular complexity index is 1350. The molecule has 0 saturated heterocycles. The van der Waals surface area contributed by atoms with Gasteiger partial charge in [-0.2, -0.15) is 0 Å². The van der Waals surface area contributed by atoms with E-state index in [1.165, 1.54) is 16.9 Å². The Morgan fingerprint density at radius 2 is 2.03 bits per heavy atom. The first-order chi connectivity index (χ1) is 16.4. The van der Waals surface area contributed by atoms with Crippen molar-refractivity contribution in [3.05, 3.63) is 53.1 Å². The number of pyridine rings is 1. The molecule has 0 spiro atoms. The monoisotopic (exact) mass is 475 g/mol. The normalized spacial score (nSPS) is 13.7. The average Bonchev–Trinajstić information content (AvgIpc) is 3.04. The van der Waals surface area contributed by atoms with E-state index in [9.17, 15) is 0 Å². The summed E-state index contributed by atoms with van der Waals surface area (Å²) in [5.74, 6) is 3.03. The SMILES string of the molecule is CNCc1nc(C)c(C(C)C)c(N2CCOc3ccc(-c4cnc5sc(N)nc5c4)cc3C2)n1. The van der Waals surface area contributed by atoms with Crippen molar-refractivity contribution in [2.75, 3.05) is 30.8 Å². The van der Waals surface area contributed by atoms with E-state index in [0.29, 0.717) is 30.7 Å². The van der Waals surface area contributed by atoms with Gasteiger partial charge in [-0.15, -0.1) is 0 Å². The van der Waals surface area contributed by atoms with Gasteiger partial charge in [0.2, 0.25) is 0 Å². The number of nitrogen functional groups attached to an aromatic ring is 1. The molecule has 0 bridgehead atoms. The lowest BCUT2D eigenvalue weighted by Crippen LogP contribution is -2.29. The van der Waals surface area contributed by atoms with E-state index in [2.05, 4.69) is 59.2 Å². The van der Waals surface area contributed by atoms with E-state index in [0.717, 1.165) is 56.7 Å². The van der Waals surface area contributed by atoms with Gasteiger partial charge in [0.05, 0.1) is 13.1 Å². The molecule has 3 N–H and O–H groups in total. The van der Waals surface area contributed by atoms with Crippen LogP contribution >= 0.6 is 11.3 Å². The Labute approximate surface area is 203 Å². The maximum absolute atomic E-state index is 6.13. The molecule has 4 aromatic rings. The summed E-state index contributed by atoms with van der Waals surface area (Å²) >= 11 is 1.40. The molecule has 0 aliphatic carbocycles. The van der Waals surface area contributed by atoms with Crippen molar-refractivity contribution >= 4 is 32.6 Å². The van der Waals surface area contributed by atoms with Crippen molar-refractivity contribution in [2.24, 2.45) is 0 Å². The van der Waals surface area contributed by atoms with Crippen molar-refractivity contribution in [3.63, 3.8) is 0 Å². The van der Waals surface area contributed by atoms with E-state index < -0.39 is 0 Å². The molecule has 3 aromatic heterocycles. The molecule has 34 heavy (non-hydrogen) atoms. The summed E-state index contributed by atoms with van der Waals surface area (Å²) in [6, 6.07) is 8.35. The minimum absolute atomic E-state index is 0.317. The first-order valence-electron chi connectivity index (χ1n) is 11.5. The van der Waals surface area contributed by atoms with E-state index in [-0.39, 0.29) is 0 Å². The van der Waals surface area contributed by atoms with Crippen molar-refractivity contribution in [1.29, 1.82) is 0 Å². The third-order valence-electron chi connectivity index (χ3n) is 6.01. The molecule has 5 rings (SSSR count). The summed E-state index contributed by atoms with van der Waals surface area (Å²) in [5.41, 5.74) is 12.1. The summed E-state index contributed by atoms with van der Waals surface area (Å²) < 4.78 is 6.13. The largest absolute Gasteiger partial charge is 0.491 e. The molecule has 4 heterocycles. The van der Waals surface area contributed by atoms with Crippen LogP contribution < -0.4 is 20.7 Å². The fraction of sp³-hybridized carbons (Fsp3) is 0.360. The van der Waals surface area contributed by atoms with Gasteiger partial charge in [0.25, 0.3) is 0 Å². The Morgan fingerprint density at radius 3 is 2.82 bits per heavy atom. The number of hydrogen-bond donors (Lipinski definition) is 2. The van der Waals surface area contributed by atoms with E-state index >= 15 is 0 Å². The first-order valence-corrected chi connectivity index (χ1v) is 12.3. The number of aryl methyl sites for hydroxylation is 1. The van der Waals surface area contributed by atoms with E-state index in [4.69, 9.17) is 20.4 Å². The van der Waals surface area contributed by atoms with E-state index in [1.54, 1.807) is 0 Å². The highest BCUT2D eigenvalue weighted by Crippen LogP contribution is 2.35. The van der Waals surface area contributed by atoms with Crippen LogP contribution in [0.25, 0.3) is 21.5 Å². The quantitative estimate of drug-likeness (QED) is 0.441. The Morgan fingerprint density at radius 1 is 1.18 bits per heavy atom. The molecule has 0 unspecified atom stereocenters. The second-order valence-electron chi connectivity index (χ2n) is 8.84. The van der Waals surface area contributed by atoms with Gasteiger partial charge in [0, 0.05) is 35.1 Å². The third-order valence-corrected chi connectivity index (χ3v) is 6.82. The lowest BCUT2D eigenvalue weighted by molar-refractivity contribution is 0.331. The maximum Gasteiger partial charge on any atom is 0.182 e. The number of nitrogens with one attached hydrogen (secondary N) is 1. The number of nitrogens with zero attached hydrogens (tertiary/aromatic N) is 5. The van der Waals surface area contributed by atoms with Crippen molar-refractivity contribution in [2.45, 2.75) is 39.8 Å². The smallest absolute Gasteiger partial charge is 0.182 e. The number of aromatic nitrogens is 4. The van der Waals surface area contributed by atoms with Crippen LogP contribution in [0.4, 0.5) is 10.9 Å². The molecule has 0 atom stereocenters. The summed E-state index contributed by atoms with van der Waals surface area (Å²) in [7, 11) is 1.92. The zero-order valence-electron chi connectivity index (χ0n) is 19.9. The van der Waals surface area contributed by atoms with Crippen molar-refractivity contribution in [1.82, 2.24) is 25.3 Å². The molecule has 0 saturated carbocycles. The summed E-state index contributed by atoms with van der Waals surface area (Å²) in [4.78, 5) is 21.8. The highest BCUT2D eigenvalue weighted by atomic mass is 32.1. The van der Waals surface area contributed by atoms with Gasteiger partial charge in [0.1, 0.15) is 34.3 Å². The fourth-order valence-electron chi connectivity index (χ4n) is 4.53. The number of hydrogen-bond acceptors (Lipinski definition) is 9. The number of fused-ring (bicyclic) bond motifs is 2. The topological polar surface area (TPSA) is 102 Å². The predicted molar refractivity (Wildman–Crippen MR) is 137 cm³/mol. The second-order valence-corrected chi connectivity index (χ2v) is 9.85. The van der Waals surface area contributed by atoms with Crippen LogP contribution in [0.2, 0.25) is 0 Å². The highest BCUT2D eigenvalue weighted by Gasteiger charge is 2.23. The molecular weight excluding hydrogens is 446 g/mol. The number of rotatable bonds is 5. The second kappa shape index (κ2) is 9.15. The summed E-state index contributed by atoms with van der Waals surface area (Å²) in [6.45, 7) is 9.16. The van der Waals surface area contributed by atoms with E-state index in [1.807, 2.05) is 19.3 Å². The van der Waals surface area contributed by atoms with Crippen LogP contribution in [-0.4, -0.2) is 40.1 Å². The molecule has 8 nitrogen and oxygen atoms in total. The van der Waals surface area contributed by atoms with Crippen molar-refractivity contribution in [3.8, 4) is 16.9 Å². The van der Waals surface area contributed by atoms with Crippen LogP contribution in [0.1, 0.15) is 42.4 Å². The molecule has 9 heteroatoms. The number of nitrogens with two attached hydrogens (primary N) is 1. The number of anilines is 2. The number of ether oxygens (including phenoxy) is 1. The zero-order valence-corrected chi connectivity index (χ0v) is 20.7. The van der Waals surface area contributed by atoms with Gasteiger partial charge >= 0.3 is 0 Å². The molecular formula is C25H29N7OS. The van der Waals surface area contributed by atoms with Gasteiger partial charge in [-0.05, 0) is 43.7 Å². The zero-order chi connectivity index (χ0) is 23.8. The first kappa shape index (κ1) is 22.5. The summed E-state index contributed by atoms with van der Waals surface area (Å²) in [6.07, 6.45) is 1.88. The van der Waals surface area contributed by atoms with Crippen LogP contribution in [0.15, 0.2) is 30.5 Å². The third kappa shape index (κ3) is 4.28. The number of thiazole rings is 1. The Hall–Kier alpha value is -3.30. The minimum Gasteiger partial charge on any atom is -0.491 e. The van der Waals surface area contributed by atoms with Gasteiger partial charge in [-0.1, -0.05) is 31.3 Å². The van der Waals surface area contributed by atoms with Crippen LogP contribution in [0.3, 0.4) is 0 Å². The minimum atomic E-state index is 0.317. The standard InChI is InChI=1S/C25H29N7OS/c1-14(2)22-15(3)29-21(12-27-4)31-23(22)32-7-8-33-20-6-5-16(9-18(20)13-32)17-10-19-24(28-11-17)34-25(26)30-19/h5-6,9-11,14,27H,7-8,12-13H2,1-4H3,(H2,26,30). The molecule has 1 aromatic carbocycles. The molecule has 1 aliphatic rings. The Balaban J connectivity index is 1.53.